The molecule has 0 N–H and O–H groups in total. The minimum atomic E-state index is -4.20. The van der Waals surface area contributed by atoms with Crippen molar-refractivity contribution < 1.29 is 27.5 Å². The van der Waals surface area contributed by atoms with Gasteiger partial charge in [-0.25, -0.2) is 4.79 Å². The fourth-order valence-electron chi connectivity index (χ4n) is 0.853. The van der Waals surface area contributed by atoms with Crippen LogP contribution in [-0.2, 0) is 9.57 Å². The van der Waals surface area contributed by atoms with Gasteiger partial charge in [-0.3, -0.25) is 4.84 Å². The summed E-state index contributed by atoms with van der Waals surface area (Å²) in [5.41, 5.74) is -0.666. The van der Waals surface area contributed by atoms with Gasteiger partial charge in [0.2, 0.25) is 0 Å². The van der Waals surface area contributed by atoms with E-state index in [2.05, 4.69) is 0 Å². The fraction of sp³-hybridized carbons (Fsp3) is 0.900. The lowest BCUT2D eigenvalue weighted by molar-refractivity contribution is -0.156. The lowest BCUT2D eigenvalue weighted by Gasteiger charge is -2.24. The molecule has 0 spiro atoms. The summed E-state index contributed by atoms with van der Waals surface area (Å²) in [7, 11) is 1.29. The van der Waals surface area contributed by atoms with Crippen LogP contribution in [0.2, 0.25) is 0 Å². The average molecular weight is 257 g/mol. The monoisotopic (exact) mass is 257 g/mol. The van der Waals surface area contributed by atoms with E-state index in [-0.39, 0.29) is 13.0 Å². The molecule has 0 radical (unpaired) electrons. The maximum Gasteiger partial charge on any atom is 0.434 e. The first-order chi connectivity index (χ1) is 7.51. The third kappa shape index (κ3) is 9.92. The van der Waals surface area contributed by atoms with Crippen molar-refractivity contribution in [1.82, 2.24) is 5.06 Å². The maximum atomic E-state index is 11.8. The molecule has 0 aliphatic carbocycles. The SMILES string of the molecule is CN(OCCCC(F)(F)F)C(=O)OC(C)(C)C. The molecule has 0 heterocycles. The summed E-state index contributed by atoms with van der Waals surface area (Å²) in [5.74, 6) is 0. The zero-order chi connectivity index (χ0) is 13.7. The van der Waals surface area contributed by atoms with E-state index in [1.54, 1.807) is 20.8 Å². The van der Waals surface area contributed by atoms with E-state index >= 15 is 0 Å². The highest BCUT2D eigenvalue weighted by Gasteiger charge is 2.26. The standard InChI is InChI=1S/C10H18F3NO3/c1-9(2,3)17-8(15)14(4)16-7-5-6-10(11,12)13/h5-7H2,1-4H3. The minimum Gasteiger partial charge on any atom is -0.442 e. The summed E-state index contributed by atoms with van der Waals surface area (Å²) in [6.45, 7) is 4.86. The number of carbonyl (C=O) groups is 1. The molecule has 0 aromatic carbocycles. The quantitative estimate of drug-likeness (QED) is 0.573. The predicted octanol–water partition coefficient (Wildman–Crippen LogP) is 3.13. The van der Waals surface area contributed by atoms with E-state index in [4.69, 9.17) is 9.57 Å². The molecule has 0 bridgehead atoms. The summed E-state index contributed by atoms with van der Waals surface area (Å²) >= 11 is 0. The molecule has 1 amide bonds. The molecule has 102 valence electrons. The summed E-state index contributed by atoms with van der Waals surface area (Å²) in [6.07, 6.45) is -6.07. The van der Waals surface area contributed by atoms with Crippen LogP contribution < -0.4 is 0 Å². The third-order valence-electron chi connectivity index (χ3n) is 1.54. The van der Waals surface area contributed by atoms with Gasteiger partial charge in [0.25, 0.3) is 0 Å². The number of amides is 1. The first kappa shape index (κ1) is 16.0. The van der Waals surface area contributed by atoms with Crippen LogP contribution in [0.3, 0.4) is 0 Å². The molecule has 0 aromatic heterocycles. The number of hydroxylamine groups is 2. The van der Waals surface area contributed by atoms with Gasteiger partial charge in [0.05, 0.1) is 6.61 Å². The van der Waals surface area contributed by atoms with Gasteiger partial charge in [-0.1, -0.05) is 0 Å². The van der Waals surface area contributed by atoms with Gasteiger partial charge in [-0.05, 0) is 27.2 Å². The molecular weight excluding hydrogens is 239 g/mol. The largest absolute Gasteiger partial charge is 0.442 e. The van der Waals surface area contributed by atoms with Gasteiger partial charge in [0.15, 0.2) is 0 Å². The number of hydrogen-bond donors (Lipinski definition) is 0. The van der Waals surface area contributed by atoms with Crippen LogP contribution in [0, 0.1) is 0 Å². The first-order valence-electron chi connectivity index (χ1n) is 5.17. The molecule has 0 saturated carbocycles. The van der Waals surface area contributed by atoms with E-state index in [0.717, 1.165) is 5.06 Å². The Morgan fingerprint density at radius 2 is 1.76 bits per heavy atom. The van der Waals surface area contributed by atoms with Gasteiger partial charge in [-0.15, -0.1) is 0 Å². The van der Waals surface area contributed by atoms with Crippen molar-refractivity contribution in [2.45, 2.75) is 45.4 Å². The maximum absolute atomic E-state index is 11.8. The van der Waals surface area contributed by atoms with Gasteiger partial charge in [0, 0.05) is 13.5 Å². The summed E-state index contributed by atoms with van der Waals surface area (Å²) in [6, 6.07) is 0. The van der Waals surface area contributed by atoms with Crippen LogP contribution in [0.4, 0.5) is 18.0 Å². The Labute approximate surface area is 98.6 Å². The Morgan fingerprint density at radius 1 is 1.24 bits per heavy atom. The van der Waals surface area contributed by atoms with E-state index in [1.807, 2.05) is 0 Å². The molecule has 17 heavy (non-hydrogen) atoms. The molecule has 0 aromatic rings. The molecule has 0 saturated heterocycles. The molecule has 0 aliphatic rings. The van der Waals surface area contributed by atoms with Gasteiger partial charge >= 0.3 is 12.3 Å². The fourth-order valence-corrected chi connectivity index (χ4v) is 0.853. The Hall–Kier alpha value is -0.980. The van der Waals surface area contributed by atoms with Crippen molar-refractivity contribution in [1.29, 1.82) is 0 Å². The molecular formula is C10H18F3NO3. The van der Waals surface area contributed by atoms with Crippen LogP contribution in [0.15, 0.2) is 0 Å². The van der Waals surface area contributed by atoms with E-state index in [1.165, 1.54) is 7.05 Å². The summed E-state index contributed by atoms with van der Waals surface area (Å²) < 4.78 is 40.3. The second kappa shape index (κ2) is 6.09. The minimum absolute atomic E-state index is 0.185. The molecule has 0 rings (SSSR count). The van der Waals surface area contributed by atoms with Crippen molar-refractivity contribution in [3.05, 3.63) is 0 Å². The van der Waals surface area contributed by atoms with E-state index < -0.39 is 24.3 Å². The average Bonchev–Trinajstić information content (AvgIpc) is 2.07. The zero-order valence-electron chi connectivity index (χ0n) is 10.4. The second-order valence-corrected chi connectivity index (χ2v) is 4.53. The normalized spacial score (nSPS) is 12.4. The van der Waals surface area contributed by atoms with E-state index in [0.29, 0.717) is 0 Å². The van der Waals surface area contributed by atoms with Crippen LogP contribution in [0.1, 0.15) is 33.6 Å². The van der Waals surface area contributed by atoms with Crippen molar-refractivity contribution in [3.8, 4) is 0 Å². The number of alkyl halides is 3. The van der Waals surface area contributed by atoms with Crippen molar-refractivity contribution in [2.75, 3.05) is 13.7 Å². The Bertz CT molecular complexity index is 248. The number of nitrogens with zero attached hydrogens (tertiary/aromatic N) is 1. The van der Waals surface area contributed by atoms with Crippen LogP contribution in [-0.4, -0.2) is 36.6 Å². The molecule has 0 unspecified atom stereocenters. The predicted molar refractivity (Wildman–Crippen MR) is 55.2 cm³/mol. The Kier molecular flexibility index (Phi) is 5.74. The van der Waals surface area contributed by atoms with Crippen LogP contribution in [0.5, 0.6) is 0 Å². The lowest BCUT2D eigenvalue weighted by Crippen LogP contribution is -2.34. The topological polar surface area (TPSA) is 38.8 Å². The van der Waals surface area contributed by atoms with Crippen molar-refractivity contribution in [3.63, 3.8) is 0 Å². The number of rotatable bonds is 4. The molecule has 0 aliphatic heterocycles. The second-order valence-electron chi connectivity index (χ2n) is 4.53. The van der Waals surface area contributed by atoms with E-state index in [9.17, 15) is 18.0 Å². The van der Waals surface area contributed by atoms with Gasteiger partial charge in [0.1, 0.15) is 5.60 Å². The highest BCUT2D eigenvalue weighted by Crippen LogP contribution is 2.21. The van der Waals surface area contributed by atoms with Gasteiger partial charge < -0.3 is 4.74 Å². The van der Waals surface area contributed by atoms with Crippen LogP contribution >= 0.6 is 0 Å². The smallest absolute Gasteiger partial charge is 0.434 e. The highest BCUT2D eigenvalue weighted by atomic mass is 19.4. The number of ether oxygens (including phenoxy) is 1. The molecule has 0 atom stereocenters. The van der Waals surface area contributed by atoms with Crippen LogP contribution in [0.25, 0.3) is 0 Å². The Morgan fingerprint density at radius 3 is 2.18 bits per heavy atom. The zero-order valence-corrected chi connectivity index (χ0v) is 10.4. The summed E-state index contributed by atoms with van der Waals surface area (Å²) in [4.78, 5) is 16.1. The number of hydrogen-bond acceptors (Lipinski definition) is 3. The highest BCUT2D eigenvalue weighted by molar-refractivity contribution is 5.66. The number of carbonyl (C=O) groups excluding carboxylic acids is 1. The summed E-state index contributed by atoms with van der Waals surface area (Å²) in [5, 5.41) is 0.793. The van der Waals surface area contributed by atoms with Gasteiger partial charge in [-0.2, -0.15) is 18.2 Å². The van der Waals surface area contributed by atoms with Crippen molar-refractivity contribution in [2.24, 2.45) is 0 Å². The first-order valence-corrected chi connectivity index (χ1v) is 5.17. The lowest BCUT2D eigenvalue weighted by atomic mass is 10.2. The number of halogens is 3. The Balaban J connectivity index is 3.80. The molecule has 4 nitrogen and oxygen atoms in total. The third-order valence-corrected chi connectivity index (χ3v) is 1.54. The molecule has 7 heteroatoms. The molecule has 0 fully saturated rings. The van der Waals surface area contributed by atoms with Crippen molar-refractivity contribution >= 4 is 6.09 Å².